The van der Waals surface area contributed by atoms with Crippen molar-refractivity contribution in [3.05, 3.63) is 48.5 Å². The summed E-state index contributed by atoms with van der Waals surface area (Å²) < 4.78 is 40.9. The molecule has 0 atom stereocenters. The van der Waals surface area contributed by atoms with E-state index in [1.165, 1.54) is 6.07 Å². The van der Waals surface area contributed by atoms with Crippen LogP contribution in [0.15, 0.2) is 42.7 Å². The van der Waals surface area contributed by atoms with Gasteiger partial charge >= 0.3 is 10.1 Å². The van der Waals surface area contributed by atoms with E-state index in [1.54, 1.807) is 18.3 Å². The van der Waals surface area contributed by atoms with Crippen molar-refractivity contribution in [1.29, 1.82) is 0 Å². The number of alkyl halides is 1. The summed E-state index contributed by atoms with van der Waals surface area (Å²) in [5.74, 6) is 0.693. The van der Waals surface area contributed by atoms with Crippen LogP contribution in [0.25, 0.3) is 16.6 Å². The summed E-state index contributed by atoms with van der Waals surface area (Å²) >= 11 is 0. The number of imidazole rings is 1. The Labute approximate surface area is 126 Å². The normalized spacial score (nSPS) is 11.7. The van der Waals surface area contributed by atoms with Crippen molar-refractivity contribution in [1.82, 2.24) is 14.5 Å². The van der Waals surface area contributed by atoms with Gasteiger partial charge in [0.1, 0.15) is 5.82 Å². The van der Waals surface area contributed by atoms with E-state index in [0.717, 1.165) is 16.9 Å². The Morgan fingerprint density at radius 2 is 2.09 bits per heavy atom. The SMILES string of the molecule is Cc1nccn1-c1ccc2nc(OS(=O)(=O)CF)ccc2c1. The van der Waals surface area contributed by atoms with Gasteiger partial charge in [0.2, 0.25) is 11.9 Å². The van der Waals surface area contributed by atoms with Crippen molar-refractivity contribution in [2.24, 2.45) is 0 Å². The molecule has 0 saturated carbocycles. The third-order valence-corrected chi connectivity index (χ3v) is 3.79. The molecule has 0 amide bonds. The van der Waals surface area contributed by atoms with E-state index in [9.17, 15) is 12.8 Å². The summed E-state index contributed by atoms with van der Waals surface area (Å²) in [5, 5.41) is 0.801. The van der Waals surface area contributed by atoms with Crippen LogP contribution in [0.5, 0.6) is 5.88 Å². The van der Waals surface area contributed by atoms with E-state index in [1.807, 2.05) is 29.8 Å². The van der Waals surface area contributed by atoms with Crippen LogP contribution in [0.3, 0.4) is 0 Å². The summed E-state index contributed by atoms with van der Waals surface area (Å²) in [5.41, 5.74) is 1.46. The first-order chi connectivity index (χ1) is 10.5. The maximum Gasteiger partial charge on any atom is 0.340 e. The van der Waals surface area contributed by atoms with Crippen LogP contribution in [0, 0.1) is 6.92 Å². The van der Waals surface area contributed by atoms with E-state index in [4.69, 9.17) is 0 Å². The lowest BCUT2D eigenvalue weighted by Gasteiger charge is -2.08. The third-order valence-electron chi connectivity index (χ3n) is 3.10. The van der Waals surface area contributed by atoms with Gasteiger partial charge < -0.3 is 8.75 Å². The van der Waals surface area contributed by atoms with Gasteiger partial charge in [0.05, 0.1) is 5.52 Å². The number of benzene rings is 1. The van der Waals surface area contributed by atoms with Gasteiger partial charge in [-0.05, 0) is 31.2 Å². The van der Waals surface area contributed by atoms with Crippen LogP contribution >= 0.6 is 0 Å². The molecular weight excluding hydrogens is 309 g/mol. The predicted molar refractivity (Wildman–Crippen MR) is 79.1 cm³/mol. The second kappa shape index (κ2) is 5.38. The number of aryl methyl sites for hydroxylation is 1. The minimum Gasteiger partial charge on any atom is -0.360 e. The molecule has 2 aromatic heterocycles. The Balaban J connectivity index is 2.00. The quantitative estimate of drug-likeness (QED) is 0.690. The average Bonchev–Trinajstić information content (AvgIpc) is 2.92. The Morgan fingerprint density at radius 3 is 2.77 bits per heavy atom. The summed E-state index contributed by atoms with van der Waals surface area (Å²) in [6, 6.07) is 6.92. The molecule has 3 aromatic rings. The minimum atomic E-state index is -4.23. The largest absolute Gasteiger partial charge is 0.360 e. The molecule has 0 aliphatic heterocycles. The molecule has 6 nitrogen and oxygen atoms in total. The highest BCUT2D eigenvalue weighted by Crippen LogP contribution is 2.21. The molecule has 0 aliphatic carbocycles. The maximum absolute atomic E-state index is 12.3. The summed E-state index contributed by atoms with van der Waals surface area (Å²) in [7, 11) is -4.23. The monoisotopic (exact) mass is 321 g/mol. The number of hydrogen-bond donors (Lipinski definition) is 0. The van der Waals surface area contributed by atoms with E-state index in [-0.39, 0.29) is 5.88 Å². The van der Waals surface area contributed by atoms with Crippen LogP contribution in [0.2, 0.25) is 0 Å². The zero-order chi connectivity index (χ0) is 15.7. The van der Waals surface area contributed by atoms with E-state index >= 15 is 0 Å². The van der Waals surface area contributed by atoms with E-state index in [0.29, 0.717) is 5.52 Å². The van der Waals surface area contributed by atoms with Crippen molar-refractivity contribution < 1.29 is 17.0 Å². The molecular formula is C14H12FN3O3S. The van der Waals surface area contributed by atoms with Crippen molar-refractivity contribution in [3.8, 4) is 11.6 Å². The Hall–Kier alpha value is -2.48. The van der Waals surface area contributed by atoms with Crippen LogP contribution in [-0.4, -0.2) is 29.0 Å². The zero-order valence-electron chi connectivity index (χ0n) is 11.6. The number of halogens is 1. The number of pyridine rings is 1. The molecule has 0 N–H and O–H groups in total. The van der Waals surface area contributed by atoms with Crippen LogP contribution < -0.4 is 4.18 Å². The lowest BCUT2D eigenvalue weighted by Crippen LogP contribution is -2.11. The highest BCUT2D eigenvalue weighted by Gasteiger charge is 2.13. The first-order valence-corrected chi connectivity index (χ1v) is 7.95. The average molecular weight is 321 g/mol. The Kier molecular flexibility index (Phi) is 3.53. The summed E-state index contributed by atoms with van der Waals surface area (Å²) in [6.45, 7) is 1.89. The number of nitrogens with zero attached hydrogens (tertiary/aromatic N) is 3. The molecule has 0 bridgehead atoms. The molecule has 1 aromatic carbocycles. The van der Waals surface area contributed by atoms with Gasteiger partial charge in [0.25, 0.3) is 0 Å². The molecule has 0 fully saturated rings. The smallest absolute Gasteiger partial charge is 0.340 e. The molecule has 0 spiro atoms. The fourth-order valence-electron chi connectivity index (χ4n) is 2.09. The zero-order valence-corrected chi connectivity index (χ0v) is 12.4. The van der Waals surface area contributed by atoms with Gasteiger partial charge in [-0.1, -0.05) is 0 Å². The fourth-order valence-corrected chi connectivity index (χ4v) is 2.49. The number of aromatic nitrogens is 3. The molecule has 8 heteroatoms. The van der Waals surface area contributed by atoms with Crippen molar-refractivity contribution in [2.75, 3.05) is 6.01 Å². The number of hydrogen-bond acceptors (Lipinski definition) is 5. The molecule has 114 valence electrons. The minimum absolute atomic E-state index is 0.156. The van der Waals surface area contributed by atoms with Gasteiger partial charge in [0.15, 0.2) is 0 Å². The molecule has 22 heavy (non-hydrogen) atoms. The van der Waals surface area contributed by atoms with Gasteiger partial charge in [0, 0.05) is 29.5 Å². The first kappa shape index (κ1) is 14.5. The molecule has 0 saturated heterocycles. The third kappa shape index (κ3) is 2.77. The van der Waals surface area contributed by atoms with Gasteiger partial charge in [-0.3, -0.25) is 0 Å². The first-order valence-electron chi connectivity index (χ1n) is 6.38. The predicted octanol–water partition coefficient (Wildman–Crippen LogP) is 2.36. The Bertz CT molecular complexity index is 937. The topological polar surface area (TPSA) is 74.1 Å². The van der Waals surface area contributed by atoms with Crippen LogP contribution in [-0.2, 0) is 10.1 Å². The fraction of sp³-hybridized carbons (Fsp3) is 0.143. The van der Waals surface area contributed by atoms with Gasteiger partial charge in [-0.2, -0.15) is 8.42 Å². The second-order valence-corrected chi connectivity index (χ2v) is 6.12. The van der Waals surface area contributed by atoms with Gasteiger partial charge in [-0.15, -0.1) is 0 Å². The molecule has 2 heterocycles. The van der Waals surface area contributed by atoms with Crippen LogP contribution in [0.4, 0.5) is 4.39 Å². The lowest BCUT2D eigenvalue weighted by atomic mass is 10.2. The molecule has 0 unspecified atom stereocenters. The standard InChI is InChI=1S/C14H12FN3O3S/c1-10-16-6-7-18(10)12-3-4-13-11(8-12)2-5-14(17-13)21-22(19,20)9-15/h2-8H,9H2,1H3. The van der Waals surface area contributed by atoms with Crippen molar-refractivity contribution in [2.45, 2.75) is 6.92 Å². The molecule has 0 aliphatic rings. The summed E-state index contributed by atoms with van der Waals surface area (Å²) in [6.07, 6.45) is 3.55. The highest BCUT2D eigenvalue weighted by atomic mass is 32.2. The maximum atomic E-state index is 12.3. The molecule has 3 rings (SSSR count). The van der Waals surface area contributed by atoms with Crippen molar-refractivity contribution >= 4 is 21.0 Å². The number of fused-ring (bicyclic) bond motifs is 1. The second-order valence-electron chi connectivity index (χ2n) is 4.62. The molecule has 0 radical (unpaired) electrons. The number of rotatable bonds is 4. The Morgan fingerprint density at radius 1 is 1.27 bits per heavy atom. The van der Waals surface area contributed by atoms with E-state index in [2.05, 4.69) is 14.2 Å². The highest BCUT2D eigenvalue weighted by molar-refractivity contribution is 7.86. The van der Waals surface area contributed by atoms with Crippen molar-refractivity contribution in [3.63, 3.8) is 0 Å². The van der Waals surface area contributed by atoms with E-state index < -0.39 is 16.1 Å². The lowest BCUT2D eigenvalue weighted by molar-refractivity contribution is 0.445. The summed E-state index contributed by atoms with van der Waals surface area (Å²) in [4.78, 5) is 8.22. The van der Waals surface area contributed by atoms with Gasteiger partial charge in [-0.25, -0.2) is 14.4 Å². The van der Waals surface area contributed by atoms with Crippen LogP contribution in [0.1, 0.15) is 5.82 Å².